The first-order chi connectivity index (χ1) is 10.6. The van der Waals surface area contributed by atoms with E-state index in [-0.39, 0.29) is 23.6 Å². The number of carbonyl (C=O) groups is 2. The molecule has 0 radical (unpaired) electrons. The standard InChI is InChI=1S/C17H14Br2O3/c18-14-8-6-13(7-9-14)16(20)11-22-17(21)10-15(19)12-4-2-1-3-5-12/h1-9,15H,10-11H2. The van der Waals surface area contributed by atoms with Crippen molar-refractivity contribution in [1.82, 2.24) is 0 Å². The van der Waals surface area contributed by atoms with Crippen molar-refractivity contribution in [3.63, 3.8) is 0 Å². The third-order valence-corrected chi connectivity index (χ3v) is 4.42. The number of hydrogen-bond donors (Lipinski definition) is 0. The SMILES string of the molecule is O=C(CC(Br)c1ccccc1)OCC(=O)c1ccc(Br)cc1. The maximum atomic E-state index is 11.9. The van der Waals surface area contributed by atoms with Crippen molar-refractivity contribution < 1.29 is 14.3 Å². The molecule has 1 atom stereocenters. The fraction of sp³-hybridized carbons (Fsp3) is 0.176. The molecule has 0 saturated heterocycles. The van der Waals surface area contributed by atoms with Gasteiger partial charge in [0.1, 0.15) is 0 Å². The molecule has 3 nitrogen and oxygen atoms in total. The van der Waals surface area contributed by atoms with Crippen LogP contribution in [0.5, 0.6) is 0 Å². The number of halogens is 2. The molecule has 0 aliphatic heterocycles. The van der Waals surface area contributed by atoms with Gasteiger partial charge >= 0.3 is 5.97 Å². The van der Waals surface area contributed by atoms with E-state index >= 15 is 0 Å². The third-order valence-electron chi connectivity index (χ3n) is 3.04. The lowest BCUT2D eigenvalue weighted by Crippen LogP contribution is -2.15. The summed E-state index contributed by atoms with van der Waals surface area (Å²) in [6.45, 7) is -0.241. The molecular weight excluding hydrogens is 412 g/mol. The first-order valence-electron chi connectivity index (χ1n) is 6.69. The normalized spacial score (nSPS) is 11.7. The number of carbonyl (C=O) groups excluding carboxylic acids is 2. The van der Waals surface area contributed by atoms with Crippen LogP contribution in [-0.2, 0) is 9.53 Å². The van der Waals surface area contributed by atoms with Crippen LogP contribution in [0, 0.1) is 0 Å². The van der Waals surface area contributed by atoms with Crippen molar-refractivity contribution >= 4 is 43.6 Å². The zero-order valence-electron chi connectivity index (χ0n) is 11.7. The van der Waals surface area contributed by atoms with Gasteiger partial charge in [-0.15, -0.1) is 0 Å². The van der Waals surface area contributed by atoms with Crippen molar-refractivity contribution in [2.45, 2.75) is 11.2 Å². The van der Waals surface area contributed by atoms with Gasteiger partial charge in [0, 0.05) is 14.9 Å². The first kappa shape index (κ1) is 16.9. The number of ether oxygens (including phenoxy) is 1. The Balaban J connectivity index is 1.82. The maximum absolute atomic E-state index is 11.9. The topological polar surface area (TPSA) is 43.4 Å². The molecule has 5 heteroatoms. The number of hydrogen-bond acceptors (Lipinski definition) is 3. The van der Waals surface area contributed by atoms with Crippen molar-refractivity contribution in [3.8, 4) is 0 Å². The summed E-state index contributed by atoms with van der Waals surface area (Å²) in [5, 5.41) is 0. The van der Waals surface area contributed by atoms with Gasteiger partial charge in [0.15, 0.2) is 12.4 Å². The number of Topliss-reactive ketones (excluding diaryl/α,β-unsaturated/α-hetero) is 1. The summed E-state index contributed by atoms with van der Waals surface area (Å²) < 4.78 is 5.94. The lowest BCUT2D eigenvalue weighted by atomic mass is 10.1. The average molecular weight is 426 g/mol. The third kappa shape index (κ3) is 5.07. The number of esters is 1. The van der Waals surface area contributed by atoms with E-state index in [0.717, 1.165) is 10.0 Å². The Morgan fingerprint density at radius 2 is 1.64 bits per heavy atom. The van der Waals surface area contributed by atoms with Gasteiger partial charge in [0.05, 0.1) is 6.42 Å². The second-order valence-electron chi connectivity index (χ2n) is 4.67. The van der Waals surface area contributed by atoms with Crippen molar-refractivity contribution in [2.75, 3.05) is 6.61 Å². The van der Waals surface area contributed by atoms with Crippen LogP contribution in [0.2, 0.25) is 0 Å². The molecule has 1 unspecified atom stereocenters. The lowest BCUT2D eigenvalue weighted by molar-refractivity contribution is -0.142. The van der Waals surface area contributed by atoms with Crippen LogP contribution < -0.4 is 0 Å². The van der Waals surface area contributed by atoms with Gasteiger partial charge in [0.25, 0.3) is 0 Å². The fourth-order valence-corrected chi connectivity index (χ4v) is 2.68. The van der Waals surface area contributed by atoms with Gasteiger partial charge < -0.3 is 4.74 Å². The quantitative estimate of drug-likeness (QED) is 0.382. The predicted octanol–water partition coefficient (Wildman–Crippen LogP) is 4.70. The molecular formula is C17H14Br2O3. The van der Waals surface area contributed by atoms with E-state index in [9.17, 15) is 9.59 Å². The molecule has 0 bridgehead atoms. The molecule has 2 aromatic carbocycles. The highest BCUT2D eigenvalue weighted by molar-refractivity contribution is 9.10. The van der Waals surface area contributed by atoms with Crippen LogP contribution in [0.15, 0.2) is 59.1 Å². The second-order valence-corrected chi connectivity index (χ2v) is 6.69. The van der Waals surface area contributed by atoms with Crippen molar-refractivity contribution in [3.05, 3.63) is 70.2 Å². The van der Waals surface area contributed by atoms with Gasteiger partial charge in [-0.25, -0.2) is 0 Å². The smallest absolute Gasteiger partial charge is 0.307 e. The monoisotopic (exact) mass is 424 g/mol. The van der Waals surface area contributed by atoms with Crippen molar-refractivity contribution in [2.24, 2.45) is 0 Å². The van der Waals surface area contributed by atoms with Crippen LogP contribution in [0.3, 0.4) is 0 Å². The molecule has 0 amide bonds. The maximum Gasteiger partial charge on any atom is 0.307 e. The minimum absolute atomic E-state index is 0.121. The summed E-state index contributed by atoms with van der Waals surface area (Å²) in [6, 6.07) is 16.5. The predicted molar refractivity (Wildman–Crippen MR) is 92.2 cm³/mol. The molecule has 0 fully saturated rings. The van der Waals surface area contributed by atoms with Crippen LogP contribution >= 0.6 is 31.9 Å². The van der Waals surface area contributed by atoms with E-state index in [4.69, 9.17) is 4.74 Å². The summed E-state index contributed by atoms with van der Waals surface area (Å²) in [5.41, 5.74) is 1.52. The Hall–Kier alpha value is -1.46. The molecule has 22 heavy (non-hydrogen) atoms. The van der Waals surface area contributed by atoms with Gasteiger partial charge in [-0.3, -0.25) is 9.59 Å². The molecule has 0 aromatic heterocycles. The molecule has 2 rings (SSSR count). The second kappa shape index (κ2) is 8.25. The first-order valence-corrected chi connectivity index (χ1v) is 8.40. The Kier molecular flexibility index (Phi) is 6.34. The highest BCUT2D eigenvalue weighted by Crippen LogP contribution is 2.26. The van der Waals surface area contributed by atoms with Gasteiger partial charge in [-0.2, -0.15) is 0 Å². The Morgan fingerprint density at radius 1 is 1.00 bits per heavy atom. The average Bonchev–Trinajstić information content (AvgIpc) is 2.54. The molecule has 0 spiro atoms. The highest BCUT2D eigenvalue weighted by atomic mass is 79.9. The van der Waals surface area contributed by atoms with Gasteiger partial charge in [-0.05, 0) is 17.7 Å². The Bertz CT molecular complexity index is 639. The minimum Gasteiger partial charge on any atom is -0.457 e. The van der Waals surface area contributed by atoms with Crippen LogP contribution in [0.4, 0.5) is 0 Å². The van der Waals surface area contributed by atoms with E-state index in [0.29, 0.717) is 5.56 Å². The largest absolute Gasteiger partial charge is 0.457 e. The Labute approximate surface area is 145 Å². The zero-order valence-corrected chi connectivity index (χ0v) is 14.8. The molecule has 0 N–H and O–H groups in total. The van der Waals surface area contributed by atoms with E-state index in [1.165, 1.54) is 0 Å². The van der Waals surface area contributed by atoms with E-state index in [1.807, 2.05) is 30.3 Å². The number of alkyl halides is 1. The lowest BCUT2D eigenvalue weighted by Gasteiger charge is -2.10. The van der Waals surface area contributed by atoms with Gasteiger partial charge in [-0.1, -0.05) is 74.3 Å². The molecule has 2 aromatic rings. The summed E-state index contributed by atoms with van der Waals surface area (Å²) >= 11 is 6.76. The summed E-state index contributed by atoms with van der Waals surface area (Å²) in [4.78, 5) is 23.6. The molecule has 0 heterocycles. The molecule has 114 valence electrons. The van der Waals surface area contributed by atoms with Crippen LogP contribution in [-0.4, -0.2) is 18.4 Å². The van der Waals surface area contributed by atoms with E-state index in [2.05, 4.69) is 31.9 Å². The number of benzene rings is 2. The fourth-order valence-electron chi connectivity index (χ4n) is 1.85. The Morgan fingerprint density at radius 3 is 2.27 bits per heavy atom. The summed E-state index contributed by atoms with van der Waals surface area (Å²) in [5.74, 6) is -0.622. The molecule has 0 aliphatic rings. The summed E-state index contributed by atoms with van der Waals surface area (Å²) in [7, 11) is 0. The molecule has 0 saturated carbocycles. The zero-order chi connectivity index (χ0) is 15.9. The van der Waals surface area contributed by atoms with Crippen molar-refractivity contribution in [1.29, 1.82) is 0 Å². The van der Waals surface area contributed by atoms with Crippen LogP contribution in [0.25, 0.3) is 0 Å². The molecule has 0 aliphatic carbocycles. The number of ketones is 1. The summed E-state index contributed by atoms with van der Waals surface area (Å²) in [6.07, 6.45) is 0.178. The highest BCUT2D eigenvalue weighted by Gasteiger charge is 2.15. The number of rotatable bonds is 6. The van der Waals surface area contributed by atoms with Gasteiger partial charge in [0.2, 0.25) is 0 Å². The minimum atomic E-state index is -0.406. The van der Waals surface area contributed by atoms with E-state index < -0.39 is 5.97 Å². The van der Waals surface area contributed by atoms with Crippen LogP contribution in [0.1, 0.15) is 27.2 Å². The van der Waals surface area contributed by atoms with E-state index in [1.54, 1.807) is 24.3 Å².